The van der Waals surface area contributed by atoms with Gasteiger partial charge in [0.1, 0.15) is 12.4 Å². The summed E-state index contributed by atoms with van der Waals surface area (Å²) in [5.74, 6) is 0.687. The maximum absolute atomic E-state index is 10.7. The van der Waals surface area contributed by atoms with E-state index in [1.165, 1.54) is 0 Å². The van der Waals surface area contributed by atoms with Gasteiger partial charge in [-0.2, -0.15) is 0 Å². The van der Waals surface area contributed by atoms with Crippen LogP contribution in [0.4, 0.5) is 0 Å². The molecule has 0 heterocycles. The summed E-state index contributed by atoms with van der Waals surface area (Å²) >= 11 is 5.43. The molecule has 0 aliphatic rings. The van der Waals surface area contributed by atoms with Crippen LogP contribution in [0, 0.1) is 0 Å². The minimum absolute atomic E-state index is 0.441. The lowest BCUT2D eigenvalue weighted by Crippen LogP contribution is -2.10. The third-order valence-corrected chi connectivity index (χ3v) is 1.64. The second-order valence-electron chi connectivity index (χ2n) is 2.43. The van der Waals surface area contributed by atoms with Gasteiger partial charge in [0, 0.05) is 5.56 Å². The summed E-state index contributed by atoms with van der Waals surface area (Å²) in [4.78, 5) is 10.7. The monoisotopic (exact) mass is 199 g/mol. The minimum atomic E-state index is -0.441. The van der Waals surface area contributed by atoms with Crippen molar-refractivity contribution in [2.45, 2.75) is 0 Å². The zero-order valence-corrected chi connectivity index (χ0v) is 7.75. The molecule has 0 aromatic heterocycles. The van der Waals surface area contributed by atoms with Crippen LogP contribution >= 0.6 is 11.6 Å². The Morgan fingerprint density at radius 3 is 2.46 bits per heavy atom. The molecule has 0 spiro atoms. The Morgan fingerprint density at radius 1 is 1.38 bits per heavy atom. The van der Waals surface area contributed by atoms with Crippen molar-refractivity contribution in [1.29, 1.82) is 0 Å². The van der Waals surface area contributed by atoms with Gasteiger partial charge < -0.3 is 10.5 Å². The first-order chi connectivity index (χ1) is 6.24. The SMILES string of the molecule is NC(=O)c1ccc(OCCCl)cc1. The first-order valence-corrected chi connectivity index (χ1v) is 4.36. The molecule has 70 valence electrons. The van der Waals surface area contributed by atoms with Gasteiger partial charge in [-0.05, 0) is 24.3 Å². The number of rotatable bonds is 4. The molecule has 0 aliphatic carbocycles. The topological polar surface area (TPSA) is 52.3 Å². The van der Waals surface area contributed by atoms with Crippen LogP contribution in [0.2, 0.25) is 0 Å². The highest BCUT2D eigenvalue weighted by Gasteiger charge is 1.99. The van der Waals surface area contributed by atoms with E-state index in [0.29, 0.717) is 23.8 Å². The van der Waals surface area contributed by atoms with E-state index in [9.17, 15) is 4.79 Å². The summed E-state index contributed by atoms with van der Waals surface area (Å²) in [6.45, 7) is 0.456. The lowest BCUT2D eigenvalue weighted by atomic mass is 10.2. The lowest BCUT2D eigenvalue weighted by Gasteiger charge is -2.03. The Hall–Kier alpha value is -1.22. The molecule has 0 saturated heterocycles. The molecule has 0 bridgehead atoms. The molecule has 1 aromatic rings. The molecule has 0 radical (unpaired) electrons. The fourth-order valence-electron chi connectivity index (χ4n) is 0.872. The van der Waals surface area contributed by atoms with E-state index >= 15 is 0 Å². The highest BCUT2D eigenvalue weighted by molar-refractivity contribution is 6.18. The van der Waals surface area contributed by atoms with Crippen molar-refractivity contribution in [2.24, 2.45) is 5.73 Å². The summed E-state index contributed by atoms with van der Waals surface area (Å²) in [7, 11) is 0. The zero-order valence-electron chi connectivity index (χ0n) is 7.00. The largest absolute Gasteiger partial charge is 0.492 e. The minimum Gasteiger partial charge on any atom is -0.492 e. The summed E-state index contributed by atoms with van der Waals surface area (Å²) in [5.41, 5.74) is 5.53. The van der Waals surface area contributed by atoms with Gasteiger partial charge in [-0.25, -0.2) is 0 Å². The summed E-state index contributed by atoms with van der Waals surface area (Å²) in [6, 6.07) is 6.61. The molecule has 0 fully saturated rings. The number of primary amides is 1. The Kier molecular flexibility index (Phi) is 3.58. The molecule has 3 nitrogen and oxygen atoms in total. The summed E-state index contributed by atoms with van der Waals surface area (Å²) in [5, 5.41) is 0. The average molecular weight is 200 g/mol. The van der Waals surface area contributed by atoms with Gasteiger partial charge in [0.15, 0.2) is 0 Å². The maximum Gasteiger partial charge on any atom is 0.248 e. The van der Waals surface area contributed by atoms with Crippen LogP contribution in [0.15, 0.2) is 24.3 Å². The standard InChI is InChI=1S/C9H10ClNO2/c10-5-6-13-8-3-1-7(2-4-8)9(11)12/h1-4H,5-6H2,(H2,11,12). The van der Waals surface area contributed by atoms with Gasteiger partial charge in [-0.15, -0.1) is 11.6 Å². The Labute approximate surface area is 81.4 Å². The number of benzene rings is 1. The van der Waals surface area contributed by atoms with E-state index in [0.717, 1.165) is 0 Å². The molecule has 1 amide bonds. The molecule has 4 heteroatoms. The normalized spacial score (nSPS) is 9.62. The number of ether oxygens (including phenoxy) is 1. The van der Waals surface area contributed by atoms with Crippen molar-refractivity contribution in [2.75, 3.05) is 12.5 Å². The predicted octanol–water partition coefficient (Wildman–Crippen LogP) is 1.40. The predicted molar refractivity (Wildman–Crippen MR) is 51.2 cm³/mol. The highest BCUT2D eigenvalue weighted by Crippen LogP contribution is 2.11. The number of hydrogen-bond donors (Lipinski definition) is 1. The van der Waals surface area contributed by atoms with Crippen molar-refractivity contribution in [3.05, 3.63) is 29.8 Å². The number of carbonyl (C=O) groups is 1. The van der Waals surface area contributed by atoms with Crippen LogP contribution in [0.5, 0.6) is 5.75 Å². The van der Waals surface area contributed by atoms with Gasteiger partial charge in [0.05, 0.1) is 5.88 Å². The second-order valence-corrected chi connectivity index (χ2v) is 2.80. The third kappa shape index (κ3) is 2.95. The fraction of sp³-hybridized carbons (Fsp3) is 0.222. The quantitative estimate of drug-likeness (QED) is 0.746. The van der Waals surface area contributed by atoms with Crippen molar-refractivity contribution >= 4 is 17.5 Å². The Balaban J connectivity index is 2.64. The molecule has 0 aliphatic heterocycles. The zero-order chi connectivity index (χ0) is 9.68. The van der Waals surface area contributed by atoms with Gasteiger partial charge in [-0.3, -0.25) is 4.79 Å². The van der Waals surface area contributed by atoms with Gasteiger partial charge in [0.2, 0.25) is 5.91 Å². The van der Waals surface area contributed by atoms with E-state index in [-0.39, 0.29) is 0 Å². The maximum atomic E-state index is 10.7. The first-order valence-electron chi connectivity index (χ1n) is 3.82. The number of hydrogen-bond acceptors (Lipinski definition) is 2. The molecule has 0 unspecified atom stereocenters. The molecular formula is C9H10ClNO2. The van der Waals surface area contributed by atoms with E-state index in [1.807, 2.05) is 0 Å². The molecular weight excluding hydrogens is 190 g/mol. The molecule has 13 heavy (non-hydrogen) atoms. The van der Waals surface area contributed by atoms with Crippen LogP contribution in [0.1, 0.15) is 10.4 Å². The summed E-state index contributed by atoms with van der Waals surface area (Å²) < 4.78 is 5.21. The van der Waals surface area contributed by atoms with Crippen LogP contribution in [0.25, 0.3) is 0 Å². The van der Waals surface area contributed by atoms with E-state index in [1.54, 1.807) is 24.3 Å². The van der Waals surface area contributed by atoms with Crippen molar-refractivity contribution < 1.29 is 9.53 Å². The second kappa shape index (κ2) is 4.72. The van der Waals surface area contributed by atoms with Crippen LogP contribution in [-0.2, 0) is 0 Å². The number of alkyl halides is 1. The van der Waals surface area contributed by atoms with Crippen LogP contribution in [-0.4, -0.2) is 18.4 Å². The molecule has 1 rings (SSSR count). The van der Waals surface area contributed by atoms with Crippen molar-refractivity contribution in [1.82, 2.24) is 0 Å². The number of carbonyl (C=O) groups excluding carboxylic acids is 1. The van der Waals surface area contributed by atoms with Gasteiger partial charge in [0.25, 0.3) is 0 Å². The number of amides is 1. The van der Waals surface area contributed by atoms with E-state index < -0.39 is 5.91 Å². The first kappa shape index (κ1) is 9.86. The van der Waals surface area contributed by atoms with E-state index in [2.05, 4.69) is 0 Å². The lowest BCUT2D eigenvalue weighted by molar-refractivity contribution is 0.100. The average Bonchev–Trinajstić information content (AvgIpc) is 2.15. The molecule has 2 N–H and O–H groups in total. The van der Waals surface area contributed by atoms with Crippen molar-refractivity contribution in [3.8, 4) is 5.75 Å². The summed E-state index contributed by atoms with van der Waals surface area (Å²) in [6.07, 6.45) is 0. The number of nitrogens with two attached hydrogens (primary N) is 1. The molecule has 0 saturated carbocycles. The Bertz CT molecular complexity index is 284. The van der Waals surface area contributed by atoms with Crippen LogP contribution < -0.4 is 10.5 Å². The van der Waals surface area contributed by atoms with Crippen molar-refractivity contribution in [3.63, 3.8) is 0 Å². The molecule has 1 aromatic carbocycles. The number of halogens is 1. The van der Waals surface area contributed by atoms with Gasteiger partial charge >= 0.3 is 0 Å². The van der Waals surface area contributed by atoms with E-state index in [4.69, 9.17) is 22.1 Å². The molecule has 0 atom stereocenters. The highest BCUT2D eigenvalue weighted by atomic mass is 35.5. The Morgan fingerprint density at radius 2 is 2.00 bits per heavy atom. The smallest absolute Gasteiger partial charge is 0.248 e. The van der Waals surface area contributed by atoms with Crippen LogP contribution in [0.3, 0.4) is 0 Å². The van der Waals surface area contributed by atoms with Gasteiger partial charge in [-0.1, -0.05) is 0 Å². The fourth-order valence-corrected chi connectivity index (χ4v) is 0.949. The third-order valence-electron chi connectivity index (χ3n) is 1.48.